The smallest absolute Gasteiger partial charge is 0.303 e. The molecule has 66 valence electrons. The fourth-order valence-corrected chi connectivity index (χ4v) is 1.36. The van der Waals surface area contributed by atoms with E-state index in [1.807, 2.05) is 6.92 Å². The van der Waals surface area contributed by atoms with Gasteiger partial charge in [0.15, 0.2) is 0 Å². The maximum absolute atomic E-state index is 10.2. The highest BCUT2D eigenvalue weighted by atomic mass is 32.1. The van der Waals surface area contributed by atoms with Crippen molar-refractivity contribution in [2.24, 2.45) is 0 Å². The van der Waals surface area contributed by atoms with Gasteiger partial charge in [-0.05, 0) is 24.9 Å². The van der Waals surface area contributed by atoms with Crippen LogP contribution in [0.3, 0.4) is 0 Å². The summed E-state index contributed by atoms with van der Waals surface area (Å²) in [4.78, 5) is 14.3. The van der Waals surface area contributed by atoms with E-state index in [9.17, 15) is 4.79 Å². The molecule has 0 aromatic carbocycles. The average Bonchev–Trinajstić information content (AvgIpc) is 2.35. The maximum atomic E-state index is 10.2. The first-order valence-corrected chi connectivity index (χ1v) is 4.47. The van der Waals surface area contributed by atoms with Crippen molar-refractivity contribution in [3.05, 3.63) is 10.8 Å². The molecule has 0 unspecified atom stereocenters. The summed E-state index contributed by atoms with van der Waals surface area (Å²) in [5.41, 5.74) is 0. The number of carboxylic acids is 1. The van der Waals surface area contributed by atoms with Crippen LogP contribution >= 0.6 is 11.5 Å². The summed E-state index contributed by atoms with van der Waals surface area (Å²) < 4.78 is 4.05. The lowest BCUT2D eigenvalue weighted by Gasteiger charge is -1.91. The molecule has 1 heterocycles. The van der Waals surface area contributed by atoms with Gasteiger partial charge < -0.3 is 5.11 Å². The van der Waals surface area contributed by atoms with Crippen molar-refractivity contribution in [3.63, 3.8) is 0 Å². The summed E-state index contributed by atoms with van der Waals surface area (Å²) in [5, 5.41) is 9.29. The van der Waals surface area contributed by atoms with Crippen molar-refractivity contribution in [1.82, 2.24) is 9.36 Å². The van der Waals surface area contributed by atoms with Crippen molar-refractivity contribution >= 4 is 17.5 Å². The van der Waals surface area contributed by atoms with Crippen molar-refractivity contribution in [3.8, 4) is 0 Å². The fraction of sp³-hybridized carbons (Fsp3) is 0.571. The van der Waals surface area contributed by atoms with Crippen LogP contribution in [0.4, 0.5) is 0 Å². The molecule has 0 fully saturated rings. The Morgan fingerprint density at radius 2 is 2.42 bits per heavy atom. The zero-order valence-electron chi connectivity index (χ0n) is 6.78. The molecule has 12 heavy (non-hydrogen) atoms. The third-order valence-corrected chi connectivity index (χ3v) is 2.02. The predicted molar refractivity (Wildman–Crippen MR) is 45.2 cm³/mol. The van der Waals surface area contributed by atoms with Crippen LogP contribution in [0.1, 0.15) is 23.7 Å². The Hall–Kier alpha value is -0.970. The molecule has 0 radical (unpaired) electrons. The Morgan fingerprint density at radius 3 is 2.92 bits per heavy atom. The maximum Gasteiger partial charge on any atom is 0.303 e. The largest absolute Gasteiger partial charge is 0.481 e. The summed E-state index contributed by atoms with van der Waals surface area (Å²) in [6.07, 6.45) is 1.47. The Morgan fingerprint density at radius 1 is 1.67 bits per heavy atom. The van der Waals surface area contributed by atoms with E-state index in [-0.39, 0.29) is 6.42 Å². The van der Waals surface area contributed by atoms with E-state index in [1.54, 1.807) is 0 Å². The molecule has 0 spiro atoms. The first-order valence-electron chi connectivity index (χ1n) is 3.69. The molecule has 0 saturated carbocycles. The molecule has 0 aliphatic carbocycles. The first kappa shape index (κ1) is 9.12. The van der Waals surface area contributed by atoms with E-state index in [0.717, 1.165) is 10.8 Å². The van der Waals surface area contributed by atoms with Crippen molar-refractivity contribution < 1.29 is 9.90 Å². The number of hydrogen-bond acceptors (Lipinski definition) is 4. The molecule has 1 N–H and O–H groups in total. The van der Waals surface area contributed by atoms with Gasteiger partial charge in [0.05, 0.1) is 0 Å². The number of nitrogens with zero attached hydrogens (tertiary/aromatic N) is 2. The summed E-state index contributed by atoms with van der Waals surface area (Å²) in [7, 11) is 0. The summed E-state index contributed by atoms with van der Waals surface area (Å²) in [6, 6.07) is 0. The number of hydrogen-bond donors (Lipinski definition) is 1. The van der Waals surface area contributed by atoms with E-state index < -0.39 is 5.97 Å². The van der Waals surface area contributed by atoms with Gasteiger partial charge >= 0.3 is 5.97 Å². The van der Waals surface area contributed by atoms with Crippen LogP contribution in [-0.4, -0.2) is 20.4 Å². The topological polar surface area (TPSA) is 63.1 Å². The van der Waals surface area contributed by atoms with E-state index in [2.05, 4.69) is 9.36 Å². The highest BCUT2D eigenvalue weighted by Gasteiger charge is 2.01. The van der Waals surface area contributed by atoms with Gasteiger partial charge in [-0.15, -0.1) is 0 Å². The number of carbonyl (C=O) groups is 1. The number of rotatable bonds is 4. The molecule has 0 bridgehead atoms. The van der Waals surface area contributed by atoms with Gasteiger partial charge in [0.25, 0.3) is 0 Å². The summed E-state index contributed by atoms with van der Waals surface area (Å²) >= 11 is 1.35. The number of aromatic nitrogens is 2. The van der Waals surface area contributed by atoms with Crippen LogP contribution in [0.15, 0.2) is 0 Å². The second-order valence-corrected chi connectivity index (χ2v) is 3.43. The Kier molecular flexibility index (Phi) is 3.16. The van der Waals surface area contributed by atoms with Gasteiger partial charge in [0.1, 0.15) is 10.8 Å². The molecule has 0 atom stereocenters. The number of aliphatic carboxylic acids is 1. The Labute approximate surface area is 74.4 Å². The van der Waals surface area contributed by atoms with Crippen LogP contribution in [0.25, 0.3) is 0 Å². The average molecular weight is 186 g/mol. The van der Waals surface area contributed by atoms with Gasteiger partial charge in [0.2, 0.25) is 0 Å². The normalized spacial score (nSPS) is 10.1. The van der Waals surface area contributed by atoms with Crippen molar-refractivity contribution in [1.29, 1.82) is 0 Å². The SMILES string of the molecule is Cc1nc(CCCC(=O)O)ns1. The van der Waals surface area contributed by atoms with Gasteiger partial charge in [-0.1, -0.05) is 0 Å². The number of aryl methyl sites for hydroxylation is 2. The molecule has 0 saturated heterocycles. The van der Waals surface area contributed by atoms with Gasteiger partial charge in [-0.2, -0.15) is 4.37 Å². The third-order valence-electron chi connectivity index (χ3n) is 1.36. The van der Waals surface area contributed by atoms with E-state index in [4.69, 9.17) is 5.11 Å². The van der Waals surface area contributed by atoms with Crippen molar-refractivity contribution in [2.75, 3.05) is 0 Å². The molecule has 0 aliphatic rings. The zero-order chi connectivity index (χ0) is 8.97. The molecule has 1 aromatic rings. The molecule has 0 aliphatic heterocycles. The monoisotopic (exact) mass is 186 g/mol. The summed E-state index contributed by atoms with van der Waals surface area (Å²) in [5.74, 6) is 0.000650. The molecule has 4 nitrogen and oxygen atoms in total. The molecular weight excluding hydrogens is 176 g/mol. The second kappa shape index (κ2) is 4.15. The lowest BCUT2D eigenvalue weighted by Crippen LogP contribution is -1.96. The van der Waals surface area contributed by atoms with Gasteiger partial charge in [-0.25, -0.2) is 4.98 Å². The third kappa shape index (κ3) is 2.96. The Balaban J connectivity index is 2.29. The molecule has 5 heteroatoms. The minimum atomic E-state index is -0.762. The standard InChI is InChI=1S/C7H10N2O2S/c1-5-8-6(9-12-5)3-2-4-7(10)11/h2-4H2,1H3,(H,10,11). The van der Waals surface area contributed by atoms with Crippen LogP contribution in [0, 0.1) is 6.92 Å². The molecule has 1 aromatic heterocycles. The predicted octanol–water partition coefficient (Wildman–Crippen LogP) is 1.25. The van der Waals surface area contributed by atoms with E-state index in [1.165, 1.54) is 11.5 Å². The fourth-order valence-electron chi connectivity index (χ4n) is 0.841. The molecular formula is C7H10N2O2S. The summed E-state index contributed by atoms with van der Waals surface area (Å²) in [6.45, 7) is 1.89. The number of carboxylic acid groups (broad SMARTS) is 1. The molecule has 1 rings (SSSR count). The highest BCUT2D eigenvalue weighted by molar-refractivity contribution is 7.05. The Bertz CT molecular complexity index is 272. The quantitative estimate of drug-likeness (QED) is 0.768. The van der Waals surface area contributed by atoms with Gasteiger partial charge in [0, 0.05) is 12.8 Å². The van der Waals surface area contributed by atoms with Crippen LogP contribution < -0.4 is 0 Å². The minimum absolute atomic E-state index is 0.193. The van der Waals surface area contributed by atoms with Crippen LogP contribution in [0.5, 0.6) is 0 Å². The van der Waals surface area contributed by atoms with Crippen molar-refractivity contribution in [2.45, 2.75) is 26.2 Å². The van der Waals surface area contributed by atoms with Crippen LogP contribution in [-0.2, 0) is 11.2 Å². The molecule has 0 amide bonds. The zero-order valence-corrected chi connectivity index (χ0v) is 7.60. The second-order valence-electron chi connectivity index (χ2n) is 2.48. The minimum Gasteiger partial charge on any atom is -0.481 e. The van der Waals surface area contributed by atoms with E-state index in [0.29, 0.717) is 12.8 Å². The first-order chi connectivity index (χ1) is 5.68. The lowest BCUT2D eigenvalue weighted by molar-refractivity contribution is -0.137. The highest BCUT2D eigenvalue weighted by Crippen LogP contribution is 2.05. The van der Waals surface area contributed by atoms with Gasteiger partial charge in [-0.3, -0.25) is 4.79 Å². The van der Waals surface area contributed by atoms with E-state index >= 15 is 0 Å². The lowest BCUT2D eigenvalue weighted by atomic mass is 10.2. The van der Waals surface area contributed by atoms with Crippen LogP contribution in [0.2, 0.25) is 0 Å².